The molecule has 1 N–H and O–H groups in total. The number of rotatable bonds is 4. The van der Waals surface area contributed by atoms with Crippen LogP contribution in [-0.2, 0) is 11.3 Å². The first-order chi connectivity index (χ1) is 13.5. The summed E-state index contributed by atoms with van der Waals surface area (Å²) in [6, 6.07) is 12.0. The molecule has 0 atom stereocenters. The standard InChI is InChI=1S/C22H24ClN3OS/c1-14-10-15(2)20-19(11-14)28-22(25-20)26-8-6-17(7-9-26)21(27)24-13-16-4-3-5-18(23)12-16/h3-5,10-12,17H,6-9,13H2,1-2H3,(H,24,27). The molecule has 1 saturated heterocycles. The maximum Gasteiger partial charge on any atom is 0.223 e. The summed E-state index contributed by atoms with van der Waals surface area (Å²) in [5.41, 5.74) is 4.63. The van der Waals surface area contributed by atoms with Crippen molar-refractivity contribution in [1.82, 2.24) is 10.3 Å². The second-order valence-corrected chi connectivity index (χ2v) is 8.98. The molecular weight excluding hydrogens is 390 g/mol. The van der Waals surface area contributed by atoms with E-state index in [1.54, 1.807) is 11.3 Å². The summed E-state index contributed by atoms with van der Waals surface area (Å²) in [7, 11) is 0. The van der Waals surface area contributed by atoms with Crippen LogP contribution in [0.4, 0.5) is 5.13 Å². The number of hydrogen-bond donors (Lipinski definition) is 1. The van der Waals surface area contributed by atoms with Gasteiger partial charge in [0.1, 0.15) is 0 Å². The van der Waals surface area contributed by atoms with Crippen LogP contribution in [0.3, 0.4) is 0 Å². The van der Waals surface area contributed by atoms with Crippen LogP contribution in [0.2, 0.25) is 5.02 Å². The number of carbonyl (C=O) groups excluding carboxylic acids is 1. The van der Waals surface area contributed by atoms with Gasteiger partial charge in [0.05, 0.1) is 10.2 Å². The third-order valence-corrected chi connectivity index (χ3v) is 6.61. The highest BCUT2D eigenvalue weighted by Gasteiger charge is 2.26. The van der Waals surface area contributed by atoms with Crippen molar-refractivity contribution in [2.45, 2.75) is 33.2 Å². The molecule has 0 radical (unpaired) electrons. The number of fused-ring (bicyclic) bond motifs is 1. The predicted octanol–water partition coefficient (Wildman–Crippen LogP) is 5.10. The number of halogens is 1. The molecule has 28 heavy (non-hydrogen) atoms. The van der Waals surface area contributed by atoms with Gasteiger partial charge in [-0.1, -0.05) is 41.1 Å². The number of aryl methyl sites for hydroxylation is 2. The number of anilines is 1. The smallest absolute Gasteiger partial charge is 0.223 e. The van der Waals surface area contributed by atoms with E-state index < -0.39 is 0 Å². The van der Waals surface area contributed by atoms with Gasteiger partial charge < -0.3 is 10.2 Å². The predicted molar refractivity (Wildman–Crippen MR) is 117 cm³/mol. The highest BCUT2D eigenvalue weighted by molar-refractivity contribution is 7.22. The van der Waals surface area contributed by atoms with Crippen LogP contribution in [0.25, 0.3) is 10.2 Å². The van der Waals surface area contributed by atoms with Gasteiger partial charge in [-0.25, -0.2) is 4.98 Å². The average Bonchev–Trinajstić information content (AvgIpc) is 3.11. The molecule has 0 spiro atoms. The highest BCUT2D eigenvalue weighted by atomic mass is 35.5. The molecule has 6 heteroatoms. The van der Waals surface area contributed by atoms with Crippen molar-refractivity contribution < 1.29 is 4.79 Å². The molecule has 2 heterocycles. The van der Waals surface area contributed by atoms with Crippen molar-refractivity contribution >= 4 is 44.2 Å². The van der Waals surface area contributed by atoms with Crippen LogP contribution >= 0.6 is 22.9 Å². The minimum Gasteiger partial charge on any atom is -0.352 e. The van der Waals surface area contributed by atoms with Gasteiger partial charge in [-0.2, -0.15) is 0 Å². The Hall–Kier alpha value is -2.11. The summed E-state index contributed by atoms with van der Waals surface area (Å²) < 4.78 is 1.24. The van der Waals surface area contributed by atoms with Gasteiger partial charge in [-0.05, 0) is 61.6 Å². The molecule has 4 rings (SSSR count). The molecule has 0 aliphatic carbocycles. The van der Waals surface area contributed by atoms with Gasteiger partial charge in [0.2, 0.25) is 5.91 Å². The van der Waals surface area contributed by atoms with Crippen LogP contribution < -0.4 is 10.2 Å². The fourth-order valence-electron chi connectivity index (χ4n) is 3.81. The van der Waals surface area contributed by atoms with E-state index >= 15 is 0 Å². The van der Waals surface area contributed by atoms with Gasteiger partial charge in [-0.3, -0.25) is 4.79 Å². The van der Waals surface area contributed by atoms with Crippen molar-refractivity contribution in [2.24, 2.45) is 5.92 Å². The van der Waals surface area contributed by atoms with Crippen LogP contribution in [0, 0.1) is 19.8 Å². The number of nitrogens with one attached hydrogen (secondary N) is 1. The average molecular weight is 414 g/mol. The second kappa shape index (κ2) is 8.10. The Labute approximate surface area is 174 Å². The number of carbonyl (C=O) groups is 1. The van der Waals surface area contributed by atoms with Gasteiger partial charge in [-0.15, -0.1) is 0 Å². The van der Waals surface area contributed by atoms with Gasteiger partial charge in [0.15, 0.2) is 5.13 Å². The lowest BCUT2D eigenvalue weighted by Crippen LogP contribution is -2.40. The van der Waals surface area contributed by atoms with Crippen LogP contribution in [0.5, 0.6) is 0 Å². The lowest BCUT2D eigenvalue weighted by Gasteiger charge is -2.31. The van der Waals surface area contributed by atoms with E-state index in [1.165, 1.54) is 15.8 Å². The van der Waals surface area contributed by atoms with E-state index in [1.807, 2.05) is 24.3 Å². The molecule has 2 aromatic carbocycles. The monoisotopic (exact) mass is 413 g/mol. The van der Waals surface area contributed by atoms with E-state index in [4.69, 9.17) is 16.6 Å². The minimum atomic E-state index is 0.0637. The Morgan fingerprint density at radius 1 is 1.25 bits per heavy atom. The molecule has 4 nitrogen and oxygen atoms in total. The first-order valence-corrected chi connectivity index (χ1v) is 10.8. The summed E-state index contributed by atoms with van der Waals surface area (Å²) in [5.74, 6) is 0.198. The lowest BCUT2D eigenvalue weighted by atomic mass is 9.96. The summed E-state index contributed by atoms with van der Waals surface area (Å²) in [5, 5.41) is 4.82. The number of benzene rings is 2. The molecular formula is C22H24ClN3OS. The first kappa shape index (κ1) is 19.2. The fourth-order valence-corrected chi connectivity index (χ4v) is 5.21. The molecule has 1 aliphatic rings. The second-order valence-electron chi connectivity index (χ2n) is 7.53. The maximum absolute atomic E-state index is 12.5. The lowest BCUT2D eigenvalue weighted by molar-refractivity contribution is -0.125. The van der Waals surface area contributed by atoms with Gasteiger partial charge in [0, 0.05) is 30.6 Å². The summed E-state index contributed by atoms with van der Waals surface area (Å²) >= 11 is 7.76. The Balaban J connectivity index is 1.35. The zero-order valence-corrected chi connectivity index (χ0v) is 17.7. The topological polar surface area (TPSA) is 45.2 Å². The number of piperidine rings is 1. The zero-order valence-electron chi connectivity index (χ0n) is 16.2. The Bertz CT molecular complexity index is 1010. The molecule has 1 aromatic heterocycles. The first-order valence-electron chi connectivity index (χ1n) is 9.64. The van der Waals surface area contributed by atoms with E-state index in [2.05, 4.69) is 36.2 Å². The highest BCUT2D eigenvalue weighted by Crippen LogP contribution is 2.33. The third-order valence-electron chi connectivity index (χ3n) is 5.31. The van der Waals surface area contributed by atoms with Gasteiger partial charge >= 0.3 is 0 Å². The van der Waals surface area contributed by atoms with Crippen molar-refractivity contribution in [3.05, 3.63) is 58.1 Å². The number of amides is 1. The number of nitrogens with zero attached hydrogens (tertiary/aromatic N) is 2. The molecule has 1 amide bonds. The van der Waals surface area contributed by atoms with E-state index in [-0.39, 0.29) is 11.8 Å². The quantitative estimate of drug-likeness (QED) is 0.647. The largest absolute Gasteiger partial charge is 0.352 e. The SMILES string of the molecule is Cc1cc(C)c2nc(N3CCC(C(=O)NCc4cccc(Cl)c4)CC3)sc2c1. The normalized spacial score (nSPS) is 15.2. The summed E-state index contributed by atoms with van der Waals surface area (Å²) in [6.07, 6.45) is 1.71. The van der Waals surface area contributed by atoms with E-state index in [9.17, 15) is 4.79 Å². The van der Waals surface area contributed by atoms with Crippen LogP contribution in [-0.4, -0.2) is 24.0 Å². The van der Waals surface area contributed by atoms with Crippen molar-refractivity contribution in [3.8, 4) is 0 Å². The fraction of sp³-hybridized carbons (Fsp3) is 0.364. The van der Waals surface area contributed by atoms with E-state index in [0.29, 0.717) is 11.6 Å². The molecule has 146 valence electrons. The van der Waals surface area contributed by atoms with Crippen LogP contribution in [0.15, 0.2) is 36.4 Å². The molecule has 0 unspecified atom stereocenters. The summed E-state index contributed by atoms with van der Waals surface area (Å²) in [6.45, 7) is 6.50. The summed E-state index contributed by atoms with van der Waals surface area (Å²) in [4.78, 5) is 19.7. The Morgan fingerprint density at radius 3 is 2.79 bits per heavy atom. The molecule has 1 aliphatic heterocycles. The van der Waals surface area contributed by atoms with Crippen molar-refractivity contribution in [1.29, 1.82) is 0 Å². The minimum absolute atomic E-state index is 0.0637. The van der Waals surface area contributed by atoms with Crippen molar-refractivity contribution in [2.75, 3.05) is 18.0 Å². The third kappa shape index (κ3) is 4.15. The molecule has 0 bridgehead atoms. The maximum atomic E-state index is 12.5. The Kier molecular flexibility index (Phi) is 5.56. The number of hydrogen-bond acceptors (Lipinski definition) is 4. The van der Waals surface area contributed by atoms with Crippen molar-refractivity contribution in [3.63, 3.8) is 0 Å². The van der Waals surface area contributed by atoms with Gasteiger partial charge in [0.25, 0.3) is 0 Å². The molecule has 1 fully saturated rings. The number of thiazole rings is 1. The Morgan fingerprint density at radius 2 is 2.04 bits per heavy atom. The number of aromatic nitrogens is 1. The molecule has 0 saturated carbocycles. The van der Waals surface area contributed by atoms with Crippen LogP contribution in [0.1, 0.15) is 29.5 Å². The zero-order chi connectivity index (χ0) is 19.7. The van der Waals surface area contributed by atoms with E-state index in [0.717, 1.165) is 42.1 Å². The molecule has 3 aromatic rings.